The van der Waals surface area contributed by atoms with E-state index in [1.165, 1.54) is 16.7 Å². The van der Waals surface area contributed by atoms with Crippen LogP contribution in [-0.2, 0) is 13.2 Å². The molecule has 0 aliphatic rings. The van der Waals surface area contributed by atoms with Gasteiger partial charge in [0.25, 0.3) is 0 Å². The van der Waals surface area contributed by atoms with Crippen molar-refractivity contribution in [2.45, 2.75) is 46.9 Å². The summed E-state index contributed by atoms with van der Waals surface area (Å²) in [6.07, 6.45) is 3.29. The Kier molecular flexibility index (Phi) is 5.09. The van der Waals surface area contributed by atoms with Crippen LogP contribution >= 0.6 is 0 Å². The smallest absolute Gasteiger partial charge is 0.137 e. The molecule has 21 heavy (non-hydrogen) atoms. The Labute approximate surface area is 126 Å². The first-order valence-corrected chi connectivity index (χ1v) is 7.28. The van der Waals surface area contributed by atoms with Gasteiger partial charge in [-0.1, -0.05) is 6.07 Å². The SMILES string of the molecule is Cc1cc(C)c(CNCC(C)n2cncn2)c(C)c1CO. The quantitative estimate of drug-likeness (QED) is 0.854. The highest BCUT2D eigenvalue weighted by molar-refractivity contribution is 5.44. The fraction of sp³-hybridized carbons (Fsp3) is 0.500. The number of aryl methyl sites for hydroxylation is 2. The lowest BCUT2D eigenvalue weighted by Crippen LogP contribution is -2.24. The number of benzene rings is 1. The van der Waals surface area contributed by atoms with Crippen LogP contribution in [0.25, 0.3) is 0 Å². The molecule has 0 aliphatic carbocycles. The van der Waals surface area contributed by atoms with Crippen molar-refractivity contribution in [1.29, 1.82) is 0 Å². The zero-order valence-electron chi connectivity index (χ0n) is 13.2. The molecule has 0 aliphatic heterocycles. The van der Waals surface area contributed by atoms with Crippen molar-refractivity contribution in [2.75, 3.05) is 6.54 Å². The molecule has 1 heterocycles. The summed E-state index contributed by atoms with van der Waals surface area (Å²) in [5.74, 6) is 0. The molecule has 1 unspecified atom stereocenters. The van der Waals surface area contributed by atoms with Crippen LogP contribution in [0.3, 0.4) is 0 Å². The lowest BCUT2D eigenvalue weighted by atomic mass is 9.93. The van der Waals surface area contributed by atoms with Gasteiger partial charge in [-0.3, -0.25) is 0 Å². The predicted molar refractivity (Wildman–Crippen MR) is 83.0 cm³/mol. The van der Waals surface area contributed by atoms with E-state index >= 15 is 0 Å². The summed E-state index contributed by atoms with van der Waals surface area (Å²) >= 11 is 0. The third-order valence-electron chi connectivity index (χ3n) is 4.08. The van der Waals surface area contributed by atoms with Gasteiger partial charge in [0.1, 0.15) is 12.7 Å². The van der Waals surface area contributed by atoms with Gasteiger partial charge >= 0.3 is 0 Å². The van der Waals surface area contributed by atoms with Gasteiger partial charge in [0.05, 0.1) is 12.6 Å². The standard InChI is InChI=1S/C16H24N4O/c1-11-5-12(2)16(8-21)14(4)15(11)7-17-6-13(3)20-10-18-9-19-20/h5,9-10,13,17,21H,6-8H2,1-4H3. The van der Waals surface area contributed by atoms with Gasteiger partial charge < -0.3 is 10.4 Å². The summed E-state index contributed by atoms with van der Waals surface area (Å²) in [5, 5.41) is 17.1. The largest absolute Gasteiger partial charge is 0.392 e. The number of nitrogens with one attached hydrogen (secondary N) is 1. The second-order valence-corrected chi connectivity index (χ2v) is 5.61. The molecule has 2 N–H and O–H groups in total. The van der Waals surface area contributed by atoms with Crippen LogP contribution in [0.2, 0.25) is 0 Å². The van der Waals surface area contributed by atoms with Crippen molar-refractivity contribution in [3.05, 3.63) is 46.5 Å². The van der Waals surface area contributed by atoms with Crippen LogP contribution in [0.15, 0.2) is 18.7 Å². The van der Waals surface area contributed by atoms with Crippen LogP contribution < -0.4 is 5.32 Å². The van der Waals surface area contributed by atoms with Gasteiger partial charge in [-0.25, -0.2) is 9.67 Å². The molecule has 0 spiro atoms. The maximum Gasteiger partial charge on any atom is 0.137 e. The van der Waals surface area contributed by atoms with E-state index in [0.717, 1.165) is 24.2 Å². The molecule has 5 nitrogen and oxygen atoms in total. The number of hydrogen-bond acceptors (Lipinski definition) is 4. The summed E-state index contributed by atoms with van der Waals surface area (Å²) in [4.78, 5) is 3.97. The monoisotopic (exact) mass is 288 g/mol. The number of rotatable bonds is 6. The van der Waals surface area contributed by atoms with Crippen molar-refractivity contribution in [3.8, 4) is 0 Å². The Morgan fingerprint density at radius 1 is 1.24 bits per heavy atom. The molecular weight excluding hydrogens is 264 g/mol. The normalized spacial score (nSPS) is 12.6. The van der Waals surface area contributed by atoms with Gasteiger partial charge in [-0.15, -0.1) is 0 Å². The van der Waals surface area contributed by atoms with Crippen molar-refractivity contribution in [2.24, 2.45) is 0 Å². The van der Waals surface area contributed by atoms with Crippen LogP contribution in [-0.4, -0.2) is 26.4 Å². The summed E-state index contributed by atoms with van der Waals surface area (Å²) in [7, 11) is 0. The summed E-state index contributed by atoms with van der Waals surface area (Å²) in [6.45, 7) is 10.1. The predicted octanol–water partition coefficient (Wildman–Crippen LogP) is 2.05. The average Bonchev–Trinajstić information content (AvgIpc) is 2.96. The second kappa shape index (κ2) is 6.83. The molecule has 5 heteroatoms. The Morgan fingerprint density at radius 2 is 1.95 bits per heavy atom. The third kappa shape index (κ3) is 3.49. The molecule has 1 atom stereocenters. The van der Waals surface area contributed by atoms with Crippen molar-refractivity contribution < 1.29 is 5.11 Å². The zero-order chi connectivity index (χ0) is 15.4. The minimum Gasteiger partial charge on any atom is -0.392 e. The Morgan fingerprint density at radius 3 is 2.57 bits per heavy atom. The lowest BCUT2D eigenvalue weighted by Gasteiger charge is -2.18. The molecule has 0 saturated heterocycles. The minimum absolute atomic E-state index is 0.0975. The van der Waals surface area contributed by atoms with Crippen LogP contribution in [0.1, 0.15) is 40.8 Å². The van der Waals surface area contributed by atoms with Gasteiger partial charge in [0.2, 0.25) is 0 Å². The van der Waals surface area contributed by atoms with Crippen LogP contribution in [0.4, 0.5) is 0 Å². The second-order valence-electron chi connectivity index (χ2n) is 5.61. The van der Waals surface area contributed by atoms with E-state index in [1.807, 2.05) is 4.68 Å². The molecule has 1 aromatic carbocycles. The van der Waals surface area contributed by atoms with E-state index in [2.05, 4.69) is 49.2 Å². The summed E-state index contributed by atoms with van der Waals surface area (Å²) in [6, 6.07) is 2.41. The molecule has 0 radical (unpaired) electrons. The molecule has 1 aromatic heterocycles. The molecule has 114 valence electrons. The molecule has 0 saturated carbocycles. The number of nitrogens with zero attached hydrogens (tertiary/aromatic N) is 3. The average molecular weight is 288 g/mol. The summed E-state index contributed by atoms with van der Waals surface area (Å²) in [5.41, 5.74) is 5.93. The first-order chi connectivity index (χ1) is 10.0. The van der Waals surface area contributed by atoms with Crippen molar-refractivity contribution in [1.82, 2.24) is 20.1 Å². The van der Waals surface area contributed by atoms with Gasteiger partial charge in [0.15, 0.2) is 0 Å². The van der Waals surface area contributed by atoms with E-state index in [0.29, 0.717) is 0 Å². The molecular formula is C16H24N4O. The minimum atomic E-state index is 0.0975. The maximum atomic E-state index is 9.51. The van der Waals surface area contributed by atoms with Gasteiger partial charge in [-0.2, -0.15) is 5.10 Å². The molecule has 2 aromatic rings. The lowest BCUT2D eigenvalue weighted by molar-refractivity contribution is 0.280. The van der Waals surface area contributed by atoms with Crippen LogP contribution in [0.5, 0.6) is 0 Å². The highest BCUT2D eigenvalue weighted by Crippen LogP contribution is 2.22. The molecule has 0 bridgehead atoms. The van der Waals surface area contributed by atoms with Crippen molar-refractivity contribution >= 4 is 0 Å². The first-order valence-electron chi connectivity index (χ1n) is 7.28. The van der Waals surface area contributed by atoms with E-state index in [9.17, 15) is 5.11 Å². The fourth-order valence-electron chi connectivity index (χ4n) is 2.73. The van der Waals surface area contributed by atoms with E-state index in [-0.39, 0.29) is 12.6 Å². The third-order valence-corrected chi connectivity index (χ3v) is 4.08. The number of aromatic nitrogens is 3. The number of aliphatic hydroxyl groups is 1. The first kappa shape index (κ1) is 15.7. The van der Waals surface area contributed by atoms with E-state index in [1.54, 1.807) is 12.7 Å². The number of aliphatic hydroxyl groups excluding tert-OH is 1. The maximum absolute atomic E-state index is 9.51. The highest BCUT2D eigenvalue weighted by atomic mass is 16.3. The zero-order valence-corrected chi connectivity index (χ0v) is 13.2. The molecule has 2 rings (SSSR count). The highest BCUT2D eigenvalue weighted by Gasteiger charge is 2.11. The van der Waals surface area contributed by atoms with Gasteiger partial charge in [0, 0.05) is 13.1 Å². The summed E-state index contributed by atoms with van der Waals surface area (Å²) < 4.78 is 1.85. The topological polar surface area (TPSA) is 63.0 Å². The fourth-order valence-corrected chi connectivity index (χ4v) is 2.73. The molecule has 0 amide bonds. The molecule has 0 fully saturated rings. The van der Waals surface area contributed by atoms with Crippen LogP contribution in [0, 0.1) is 20.8 Å². The van der Waals surface area contributed by atoms with Gasteiger partial charge in [-0.05, 0) is 55.5 Å². The van der Waals surface area contributed by atoms with Crippen molar-refractivity contribution in [3.63, 3.8) is 0 Å². The van der Waals surface area contributed by atoms with E-state index in [4.69, 9.17) is 0 Å². The van der Waals surface area contributed by atoms with E-state index < -0.39 is 0 Å². The Bertz CT molecular complexity index is 593. The number of hydrogen-bond donors (Lipinski definition) is 2. The Hall–Kier alpha value is -1.72. The Balaban J connectivity index is 2.03.